The molecule has 1 rings (SSSR count). The Balaban J connectivity index is 2.86. The van der Waals surface area contributed by atoms with Gasteiger partial charge in [-0.1, -0.05) is 25.1 Å². The van der Waals surface area contributed by atoms with Gasteiger partial charge in [-0.3, -0.25) is 4.79 Å². The van der Waals surface area contributed by atoms with Crippen molar-refractivity contribution in [3.63, 3.8) is 0 Å². The highest BCUT2D eigenvalue weighted by Gasteiger charge is 2.12. The minimum absolute atomic E-state index is 0.0932. The number of hydrogen-bond donors (Lipinski definition) is 1. The molecule has 0 atom stereocenters. The highest BCUT2D eigenvalue weighted by Crippen LogP contribution is 2.28. The summed E-state index contributed by atoms with van der Waals surface area (Å²) in [5.41, 5.74) is 0.914. The van der Waals surface area contributed by atoms with Gasteiger partial charge >= 0.3 is 5.97 Å². The van der Waals surface area contributed by atoms with Crippen LogP contribution < -0.4 is 9.64 Å². The minimum atomic E-state index is -0.805. The number of hydrogen-bond acceptors (Lipinski definition) is 3. The van der Waals surface area contributed by atoms with E-state index in [0.717, 1.165) is 17.9 Å². The normalized spacial score (nSPS) is 9.95. The van der Waals surface area contributed by atoms with Gasteiger partial charge in [0.1, 0.15) is 5.75 Å². The third kappa shape index (κ3) is 5.04. The number of nitrogens with zero attached hydrogens (tertiary/aromatic N) is 1. The van der Waals surface area contributed by atoms with Crippen molar-refractivity contribution >= 4 is 11.7 Å². The standard InChI is InChI=1S/C15H21NO3/c1-3-10-16(11-9-15(17)18)13-7-5-6-8-14(13)19-12-4-2/h3,5-8H,1,4,9-12H2,2H3,(H,17,18). The SMILES string of the molecule is C=CCN(CCC(=O)O)c1ccccc1OCCC. The van der Waals surface area contributed by atoms with Gasteiger partial charge in [0.15, 0.2) is 0 Å². The molecule has 4 heteroatoms. The molecule has 0 spiro atoms. The Hall–Kier alpha value is -1.97. The first kappa shape index (κ1) is 15.1. The number of carbonyl (C=O) groups is 1. The van der Waals surface area contributed by atoms with E-state index in [2.05, 4.69) is 13.5 Å². The zero-order valence-corrected chi connectivity index (χ0v) is 11.3. The Morgan fingerprint density at radius 1 is 1.47 bits per heavy atom. The first-order valence-electron chi connectivity index (χ1n) is 6.48. The van der Waals surface area contributed by atoms with Crippen molar-refractivity contribution in [3.8, 4) is 5.75 Å². The van der Waals surface area contributed by atoms with E-state index < -0.39 is 5.97 Å². The van der Waals surface area contributed by atoms with Crippen molar-refractivity contribution in [1.29, 1.82) is 0 Å². The Labute approximate surface area is 114 Å². The molecule has 0 radical (unpaired) electrons. The van der Waals surface area contributed by atoms with E-state index in [4.69, 9.17) is 9.84 Å². The summed E-state index contributed by atoms with van der Waals surface area (Å²) < 4.78 is 5.70. The van der Waals surface area contributed by atoms with Gasteiger partial charge in [0, 0.05) is 13.1 Å². The Bertz CT molecular complexity index is 418. The number of aliphatic carboxylic acids is 1. The van der Waals surface area contributed by atoms with Gasteiger partial charge in [0.25, 0.3) is 0 Å². The molecule has 0 aromatic heterocycles. The second-order valence-corrected chi connectivity index (χ2v) is 4.19. The summed E-state index contributed by atoms with van der Waals surface area (Å²) in [6, 6.07) is 7.68. The van der Waals surface area contributed by atoms with E-state index in [-0.39, 0.29) is 6.42 Å². The molecule has 0 amide bonds. The predicted molar refractivity (Wildman–Crippen MR) is 76.9 cm³/mol. The van der Waals surface area contributed by atoms with Crippen LogP contribution in [0, 0.1) is 0 Å². The molecule has 0 fully saturated rings. The lowest BCUT2D eigenvalue weighted by atomic mass is 10.2. The molecule has 0 bridgehead atoms. The lowest BCUT2D eigenvalue weighted by Gasteiger charge is -2.25. The number of benzene rings is 1. The van der Waals surface area contributed by atoms with Crippen LogP contribution in [-0.4, -0.2) is 30.8 Å². The Morgan fingerprint density at radius 3 is 2.84 bits per heavy atom. The summed E-state index contributed by atoms with van der Waals surface area (Å²) in [5.74, 6) is -0.0161. The average Bonchev–Trinajstić information content (AvgIpc) is 2.41. The quantitative estimate of drug-likeness (QED) is 0.696. The Kier molecular flexibility index (Phi) is 6.50. The molecular formula is C15H21NO3. The third-order valence-corrected chi connectivity index (χ3v) is 2.61. The number of carboxylic acid groups (broad SMARTS) is 1. The fraction of sp³-hybridized carbons (Fsp3) is 0.400. The van der Waals surface area contributed by atoms with Crippen LogP contribution in [0.5, 0.6) is 5.75 Å². The van der Waals surface area contributed by atoms with Crippen LogP contribution in [0.3, 0.4) is 0 Å². The molecule has 104 valence electrons. The third-order valence-electron chi connectivity index (χ3n) is 2.61. The molecule has 0 unspecified atom stereocenters. The molecule has 0 aliphatic heterocycles. The summed E-state index contributed by atoms with van der Waals surface area (Å²) >= 11 is 0. The van der Waals surface area contributed by atoms with Crippen LogP contribution in [0.1, 0.15) is 19.8 Å². The maximum absolute atomic E-state index is 10.7. The van der Waals surface area contributed by atoms with Crippen LogP contribution in [-0.2, 0) is 4.79 Å². The topological polar surface area (TPSA) is 49.8 Å². The molecule has 1 aromatic rings. The van der Waals surface area contributed by atoms with E-state index in [1.807, 2.05) is 29.2 Å². The van der Waals surface area contributed by atoms with Crippen LogP contribution >= 0.6 is 0 Å². The molecule has 1 N–H and O–H groups in total. The fourth-order valence-electron chi connectivity index (χ4n) is 1.75. The number of ether oxygens (including phenoxy) is 1. The van der Waals surface area contributed by atoms with Gasteiger partial charge < -0.3 is 14.7 Å². The fourth-order valence-corrected chi connectivity index (χ4v) is 1.75. The minimum Gasteiger partial charge on any atom is -0.491 e. The van der Waals surface area contributed by atoms with Crippen LogP contribution in [0.15, 0.2) is 36.9 Å². The average molecular weight is 263 g/mol. The maximum atomic E-state index is 10.7. The smallest absolute Gasteiger partial charge is 0.305 e. The number of rotatable bonds is 9. The molecular weight excluding hydrogens is 242 g/mol. The van der Waals surface area contributed by atoms with Crippen LogP contribution in [0.4, 0.5) is 5.69 Å². The molecule has 4 nitrogen and oxygen atoms in total. The Morgan fingerprint density at radius 2 is 2.21 bits per heavy atom. The van der Waals surface area contributed by atoms with Crippen molar-refractivity contribution in [3.05, 3.63) is 36.9 Å². The van der Waals surface area contributed by atoms with Crippen LogP contribution in [0.2, 0.25) is 0 Å². The molecule has 0 heterocycles. The van der Waals surface area contributed by atoms with Gasteiger partial charge in [-0.2, -0.15) is 0 Å². The summed E-state index contributed by atoms with van der Waals surface area (Å²) in [5, 5.41) is 8.80. The summed E-state index contributed by atoms with van der Waals surface area (Å²) in [7, 11) is 0. The second-order valence-electron chi connectivity index (χ2n) is 4.19. The van der Waals surface area contributed by atoms with Gasteiger partial charge in [0.2, 0.25) is 0 Å². The van der Waals surface area contributed by atoms with Crippen molar-refractivity contribution in [2.45, 2.75) is 19.8 Å². The van der Waals surface area contributed by atoms with E-state index in [1.54, 1.807) is 6.08 Å². The first-order valence-corrected chi connectivity index (χ1v) is 6.48. The first-order chi connectivity index (χ1) is 9.19. The maximum Gasteiger partial charge on any atom is 0.305 e. The lowest BCUT2D eigenvalue weighted by Crippen LogP contribution is -2.26. The van der Waals surface area contributed by atoms with Crippen molar-refractivity contribution < 1.29 is 14.6 Å². The van der Waals surface area contributed by atoms with Crippen molar-refractivity contribution in [2.75, 3.05) is 24.6 Å². The highest BCUT2D eigenvalue weighted by molar-refractivity contribution is 5.68. The summed E-state index contributed by atoms with van der Waals surface area (Å²) in [4.78, 5) is 12.7. The zero-order chi connectivity index (χ0) is 14.1. The number of anilines is 1. The van der Waals surface area contributed by atoms with E-state index in [9.17, 15) is 4.79 Å². The van der Waals surface area contributed by atoms with Gasteiger partial charge in [-0.15, -0.1) is 6.58 Å². The highest BCUT2D eigenvalue weighted by atomic mass is 16.5. The van der Waals surface area contributed by atoms with Crippen molar-refractivity contribution in [1.82, 2.24) is 0 Å². The van der Waals surface area contributed by atoms with E-state index >= 15 is 0 Å². The molecule has 0 aliphatic rings. The number of carboxylic acids is 1. The molecule has 0 saturated heterocycles. The van der Waals surface area contributed by atoms with Gasteiger partial charge in [-0.05, 0) is 18.6 Å². The lowest BCUT2D eigenvalue weighted by molar-refractivity contribution is -0.136. The van der Waals surface area contributed by atoms with E-state index in [1.165, 1.54) is 0 Å². The molecule has 0 aliphatic carbocycles. The molecule has 0 saturated carbocycles. The summed E-state index contributed by atoms with van der Waals surface area (Å²) in [6.45, 7) is 7.45. The number of para-hydroxylation sites is 2. The molecule has 1 aromatic carbocycles. The monoisotopic (exact) mass is 263 g/mol. The second kappa shape index (κ2) is 8.19. The van der Waals surface area contributed by atoms with Gasteiger partial charge in [0.05, 0.1) is 18.7 Å². The predicted octanol–water partition coefficient (Wildman–Crippen LogP) is 2.94. The summed E-state index contributed by atoms with van der Waals surface area (Å²) in [6.07, 6.45) is 2.79. The van der Waals surface area contributed by atoms with Crippen LogP contribution in [0.25, 0.3) is 0 Å². The largest absolute Gasteiger partial charge is 0.491 e. The van der Waals surface area contributed by atoms with Crippen molar-refractivity contribution in [2.24, 2.45) is 0 Å². The molecule has 19 heavy (non-hydrogen) atoms. The zero-order valence-electron chi connectivity index (χ0n) is 11.3. The van der Waals surface area contributed by atoms with E-state index in [0.29, 0.717) is 19.7 Å². The van der Waals surface area contributed by atoms with Gasteiger partial charge in [-0.25, -0.2) is 0 Å².